The third-order valence-corrected chi connectivity index (χ3v) is 3.92. The highest BCUT2D eigenvalue weighted by Crippen LogP contribution is 2.20. The molecule has 0 saturated carbocycles. The number of pyridine rings is 1. The lowest BCUT2D eigenvalue weighted by atomic mass is 10.0. The maximum Gasteiger partial charge on any atom is 0.374 e. The molecule has 0 aliphatic rings. The zero-order valence-corrected chi connectivity index (χ0v) is 11.9. The lowest BCUT2D eigenvalue weighted by Crippen LogP contribution is -2.36. The van der Waals surface area contributed by atoms with Gasteiger partial charge in [-0.2, -0.15) is 0 Å². The molecule has 0 fully saturated rings. The Labute approximate surface area is 120 Å². The van der Waals surface area contributed by atoms with Gasteiger partial charge in [-0.05, 0) is 35.4 Å². The summed E-state index contributed by atoms with van der Waals surface area (Å²) in [7, 11) is -4.30. The second kappa shape index (κ2) is 6.50. The van der Waals surface area contributed by atoms with Crippen LogP contribution in [-0.2, 0) is 14.8 Å². The highest BCUT2D eigenvalue weighted by atomic mass is 32.2. The Bertz CT molecular complexity index is 685. The Morgan fingerprint density at radius 1 is 1.48 bits per heavy atom. The van der Waals surface area contributed by atoms with Crippen molar-refractivity contribution in [2.45, 2.75) is 25.0 Å². The molecule has 0 bridgehead atoms. The zero-order valence-electron chi connectivity index (χ0n) is 11.1. The monoisotopic (exact) mass is 315 g/mol. The fourth-order valence-corrected chi connectivity index (χ4v) is 2.56. The third-order valence-electron chi connectivity index (χ3n) is 2.67. The lowest BCUT2D eigenvalue weighted by molar-refractivity contribution is -0.389. The number of aromatic nitrogens is 1. The predicted octanol–water partition coefficient (Wildman–Crippen LogP) is 0.199. The number of hydrogen-bond acceptors (Lipinski definition) is 7. The van der Waals surface area contributed by atoms with Gasteiger partial charge in [0.1, 0.15) is 22.8 Å². The summed E-state index contributed by atoms with van der Waals surface area (Å²) in [5.41, 5.74) is -0.454. The van der Waals surface area contributed by atoms with E-state index in [0.717, 1.165) is 12.3 Å². The normalized spacial score (nSPS) is 12.7. The largest absolute Gasteiger partial charge is 0.374 e. The van der Waals surface area contributed by atoms with Gasteiger partial charge in [-0.1, -0.05) is 0 Å². The number of sulfonamides is 1. The second-order valence-corrected chi connectivity index (χ2v) is 6.06. The molecule has 2 N–H and O–H groups in total. The highest BCUT2D eigenvalue weighted by Gasteiger charge is 2.34. The summed E-state index contributed by atoms with van der Waals surface area (Å²) in [6, 6.07) is 2.37. The van der Waals surface area contributed by atoms with Crippen molar-refractivity contribution in [3.8, 4) is 0 Å². The smallest absolute Gasteiger partial charge is 0.358 e. The van der Waals surface area contributed by atoms with Crippen LogP contribution in [0.15, 0.2) is 18.3 Å². The Kier molecular flexibility index (Phi) is 5.22. The number of hydrogen-bond donors (Lipinski definition) is 1. The lowest BCUT2D eigenvalue weighted by Gasteiger charge is -2.12. The van der Waals surface area contributed by atoms with Crippen LogP contribution in [0.1, 0.15) is 30.1 Å². The van der Waals surface area contributed by atoms with Gasteiger partial charge in [0.15, 0.2) is 5.78 Å². The number of primary sulfonamides is 1. The average molecular weight is 315 g/mol. The highest BCUT2D eigenvalue weighted by molar-refractivity contribution is 7.90. The van der Waals surface area contributed by atoms with E-state index in [-0.39, 0.29) is 18.6 Å². The van der Waals surface area contributed by atoms with E-state index in [1.165, 1.54) is 13.0 Å². The summed E-state index contributed by atoms with van der Waals surface area (Å²) >= 11 is 0. The Morgan fingerprint density at radius 3 is 2.57 bits per heavy atom. The first-order valence-electron chi connectivity index (χ1n) is 5.79. The summed E-state index contributed by atoms with van der Waals surface area (Å²) in [6.07, 6.45) is 0.594. The maximum atomic E-state index is 12.2. The standard InChI is InChI=1S/C11H13N3O6S/c1-7(15)4-5-9(21(12,19)20)10(16)8-3-2-6-13-11(8)14(17)18/h2-3,6,9H,4-5H2,1H3,(H2,12,19,20). The summed E-state index contributed by atoms with van der Waals surface area (Å²) in [4.78, 5) is 36.5. The number of nitrogens with zero attached hydrogens (tertiary/aromatic N) is 2. The van der Waals surface area contributed by atoms with E-state index in [0.29, 0.717) is 0 Å². The van der Waals surface area contributed by atoms with E-state index >= 15 is 0 Å². The van der Waals surface area contributed by atoms with Crippen LogP contribution in [0.4, 0.5) is 5.82 Å². The molecule has 114 valence electrons. The van der Waals surface area contributed by atoms with Crippen molar-refractivity contribution in [1.29, 1.82) is 0 Å². The van der Waals surface area contributed by atoms with E-state index in [2.05, 4.69) is 4.98 Å². The Balaban J connectivity index is 3.24. The number of ketones is 2. The SMILES string of the molecule is CC(=O)CCC(C(=O)c1cccnc1[N+](=O)[O-])S(N)(=O)=O. The van der Waals surface area contributed by atoms with Gasteiger partial charge in [0, 0.05) is 6.42 Å². The molecule has 1 heterocycles. The van der Waals surface area contributed by atoms with Crippen LogP contribution in [0.3, 0.4) is 0 Å². The van der Waals surface area contributed by atoms with E-state index < -0.39 is 37.4 Å². The van der Waals surface area contributed by atoms with Crippen LogP contribution >= 0.6 is 0 Å². The van der Waals surface area contributed by atoms with Crippen molar-refractivity contribution in [1.82, 2.24) is 4.98 Å². The first-order valence-corrected chi connectivity index (χ1v) is 7.40. The minimum Gasteiger partial charge on any atom is -0.358 e. The molecule has 0 saturated heterocycles. The van der Waals surface area contributed by atoms with Crippen molar-refractivity contribution < 1.29 is 22.9 Å². The van der Waals surface area contributed by atoms with Crippen LogP contribution in [-0.4, -0.2) is 35.1 Å². The molecule has 0 spiro atoms. The minimum absolute atomic E-state index is 0.180. The average Bonchev–Trinajstić information content (AvgIpc) is 2.36. The molecule has 1 unspecified atom stereocenters. The van der Waals surface area contributed by atoms with Gasteiger partial charge in [0.2, 0.25) is 10.0 Å². The van der Waals surface area contributed by atoms with E-state index in [9.17, 15) is 28.1 Å². The molecule has 0 radical (unpaired) electrons. The van der Waals surface area contributed by atoms with Crippen LogP contribution in [0.25, 0.3) is 0 Å². The zero-order chi connectivity index (χ0) is 16.2. The first-order chi connectivity index (χ1) is 9.64. The number of rotatable bonds is 7. The molecule has 10 heteroatoms. The van der Waals surface area contributed by atoms with Crippen LogP contribution in [0.2, 0.25) is 0 Å². The number of Topliss-reactive ketones (excluding diaryl/α,β-unsaturated/α-hetero) is 2. The number of nitrogens with two attached hydrogens (primary N) is 1. The molecule has 1 atom stereocenters. The van der Waals surface area contributed by atoms with E-state index in [1.54, 1.807) is 0 Å². The number of nitro groups is 1. The molecule has 1 aromatic rings. The predicted molar refractivity (Wildman–Crippen MR) is 72.0 cm³/mol. The number of carbonyl (C=O) groups excluding carboxylic acids is 2. The summed E-state index contributed by atoms with van der Waals surface area (Å²) in [6.45, 7) is 1.23. The minimum atomic E-state index is -4.30. The van der Waals surface area contributed by atoms with Gasteiger partial charge in [-0.15, -0.1) is 0 Å². The quantitative estimate of drug-likeness (QED) is 0.428. The van der Waals surface area contributed by atoms with Gasteiger partial charge in [0.25, 0.3) is 0 Å². The molecular formula is C11H13N3O6S. The van der Waals surface area contributed by atoms with Gasteiger partial charge in [-0.25, -0.2) is 13.6 Å². The van der Waals surface area contributed by atoms with E-state index in [4.69, 9.17) is 5.14 Å². The molecule has 1 aromatic heterocycles. The molecular weight excluding hydrogens is 302 g/mol. The summed E-state index contributed by atoms with van der Waals surface area (Å²) in [5, 5.41) is 14.1. The summed E-state index contributed by atoms with van der Waals surface area (Å²) < 4.78 is 23.0. The summed E-state index contributed by atoms with van der Waals surface area (Å²) in [5.74, 6) is -2.12. The maximum absolute atomic E-state index is 12.2. The fourth-order valence-electron chi connectivity index (χ4n) is 1.69. The van der Waals surface area contributed by atoms with Gasteiger partial charge in [-0.3, -0.25) is 4.79 Å². The van der Waals surface area contributed by atoms with E-state index in [1.807, 2.05) is 0 Å². The first kappa shape index (κ1) is 16.9. The van der Waals surface area contributed by atoms with Crippen molar-refractivity contribution >= 4 is 27.4 Å². The molecule has 21 heavy (non-hydrogen) atoms. The Morgan fingerprint density at radius 2 is 2.10 bits per heavy atom. The third kappa shape index (κ3) is 4.39. The molecule has 9 nitrogen and oxygen atoms in total. The molecule has 0 aromatic carbocycles. The van der Waals surface area contributed by atoms with Crippen molar-refractivity contribution in [3.05, 3.63) is 34.0 Å². The second-order valence-electron chi connectivity index (χ2n) is 4.31. The molecule has 0 aliphatic heterocycles. The molecule has 1 rings (SSSR count). The van der Waals surface area contributed by atoms with Crippen LogP contribution in [0, 0.1) is 10.1 Å². The fraction of sp³-hybridized carbons (Fsp3) is 0.364. The molecule has 0 amide bonds. The van der Waals surface area contributed by atoms with Crippen molar-refractivity contribution in [2.75, 3.05) is 0 Å². The van der Waals surface area contributed by atoms with Crippen LogP contribution < -0.4 is 5.14 Å². The van der Waals surface area contributed by atoms with Crippen molar-refractivity contribution in [3.63, 3.8) is 0 Å². The number of carbonyl (C=O) groups is 2. The van der Waals surface area contributed by atoms with Crippen molar-refractivity contribution in [2.24, 2.45) is 5.14 Å². The Hall–Kier alpha value is -2.20. The topological polar surface area (TPSA) is 150 Å². The van der Waals surface area contributed by atoms with Gasteiger partial charge < -0.3 is 14.9 Å². The van der Waals surface area contributed by atoms with Crippen LogP contribution in [0.5, 0.6) is 0 Å². The molecule has 0 aliphatic carbocycles. The van der Waals surface area contributed by atoms with Gasteiger partial charge in [0.05, 0.1) is 0 Å². The van der Waals surface area contributed by atoms with Gasteiger partial charge >= 0.3 is 5.82 Å².